The summed E-state index contributed by atoms with van der Waals surface area (Å²) >= 11 is 0. The first-order chi connectivity index (χ1) is 19.7. The van der Waals surface area contributed by atoms with Gasteiger partial charge in [-0.3, -0.25) is 0 Å². The minimum Gasteiger partial charge on any atom is -0.378 e. The Balaban J connectivity index is 1.07. The van der Waals surface area contributed by atoms with E-state index in [4.69, 9.17) is 18.9 Å². The van der Waals surface area contributed by atoms with Crippen LogP contribution in [0.4, 0.5) is 0 Å². The summed E-state index contributed by atoms with van der Waals surface area (Å²) in [7, 11) is 0. The van der Waals surface area contributed by atoms with Gasteiger partial charge in [-0.2, -0.15) is 0 Å². The van der Waals surface area contributed by atoms with Crippen molar-refractivity contribution in [2.75, 3.05) is 26.4 Å². The quantitative estimate of drug-likeness (QED) is 0.431. The second kappa shape index (κ2) is 12.1. The van der Waals surface area contributed by atoms with Crippen LogP contribution < -0.4 is 0 Å². The Bertz CT molecular complexity index is 1040. The number of hydrogen-bond donors (Lipinski definition) is 2. The maximum Gasteiger partial charge on any atom is 0.158 e. The molecule has 6 fully saturated rings. The van der Waals surface area contributed by atoms with Crippen molar-refractivity contribution < 1.29 is 29.2 Å². The van der Waals surface area contributed by atoms with Gasteiger partial charge in [-0.15, -0.1) is 0 Å². The van der Waals surface area contributed by atoms with Gasteiger partial charge in [0, 0.05) is 18.6 Å². The SMILES string of the molecule is C[C@]12CC[C@@](O)(C#CCOC3CCCCO3)C[C@@H]1CC[C@@H]1[C@@H]2CC[C@@]2(C)[C@H]1CC[C@@]2(O)C#CCOC1CCCCO1. The summed E-state index contributed by atoms with van der Waals surface area (Å²) < 4.78 is 22.9. The lowest BCUT2D eigenvalue weighted by atomic mass is 9.43. The third kappa shape index (κ3) is 5.87. The highest BCUT2D eigenvalue weighted by Crippen LogP contribution is 2.68. The van der Waals surface area contributed by atoms with Crippen molar-refractivity contribution in [1.29, 1.82) is 0 Å². The second-order valence-corrected chi connectivity index (χ2v) is 14.6. The van der Waals surface area contributed by atoms with Gasteiger partial charge in [-0.25, -0.2) is 0 Å². The number of rotatable bonds is 4. The van der Waals surface area contributed by atoms with E-state index in [1.54, 1.807) is 0 Å². The second-order valence-electron chi connectivity index (χ2n) is 14.6. The average Bonchev–Trinajstić information content (AvgIpc) is 3.25. The molecule has 0 spiro atoms. The fourth-order valence-corrected chi connectivity index (χ4v) is 9.92. The number of ether oxygens (including phenoxy) is 4. The maximum absolute atomic E-state index is 11.9. The minimum atomic E-state index is -0.940. The maximum atomic E-state index is 11.9. The van der Waals surface area contributed by atoms with E-state index >= 15 is 0 Å². The van der Waals surface area contributed by atoms with Crippen molar-refractivity contribution in [3.63, 3.8) is 0 Å². The lowest BCUT2D eigenvalue weighted by molar-refractivity contribution is -0.155. The first-order valence-corrected chi connectivity index (χ1v) is 16.7. The smallest absolute Gasteiger partial charge is 0.158 e. The predicted octanol–water partition coefficient (Wildman–Crippen LogP) is 5.58. The monoisotopic (exact) mass is 568 g/mol. The van der Waals surface area contributed by atoms with Crippen LogP contribution in [0.1, 0.15) is 110 Å². The Morgan fingerprint density at radius 3 is 2.02 bits per heavy atom. The Morgan fingerprint density at radius 2 is 1.37 bits per heavy atom. The molecule has 4 aliphatic carbocycles. The van der Waals surface area contributed by atoms with Crippen LogP contribution in [0.3, 0.4) is 0 Å². The number of aliphatic hydroxyl groups is 2. The molecular formula is C35H52O6. The first kappa shape index (κ1) is 29.9. The highest BCUT2D eigenvalue weighted by atomic mass is 16.7. The summed E-state index contributed by atoms with van der Waals surface area (Å²) in [6, 6.07) is 0. The van der Waals surface area contributed by atoms with Crippen LogP contribution in [-0.4, -0.2) is 60.4 Å². The van der Waals surface area contributed by atoms with Gasteiger partial charge < -0.3 is 29.2 Å². The molecule has 10 atom stereocenters. The van der Waals surface area contributed by atoms with Crippen LogP contribution in [0, 0.1) is 58.2 Å². The van der Waals surface area contributed by atoms with Crippen LogP contribution in [0.25, 0.3) is 0 Å². The van der Waals surface area contributed by atoms with Crippen LogP contribution in [0.5, 0.6) is 0 Å². The van der Waals surface area contributed by atoms with E-state index in [2.05, 4.69) is 37.5 Å². The summed E-state index contributed by atoms with van der Waals surface area (Å²) in [4.78, 5) is 0. The molecule has 6 aliphatic rings. The molecular weight excluding hydrogens is 516 g/mol. The van der Waals surface area contributed by atoms with E-state index in [0.717, 1.165) is 103 Å². The molecule has 2 heterocycles. The minimum absolute atomic E-state index is 0.140. The Morgan fingerprint density at radius 1 is 0.707 bits per heavy atom. The van der Waals surface area contributed by atoms with E-state index in [-0.39, 0.29) is 23.4 Å². The molecule has 228 valence electrons. The van der Waals surface area contributed by atoms with Crippen LogP contribution in [-0.2, 0) is 18.9 Å². The summed E-state index contributed by atoms with van der Waals surface area (Å²) in [6.07, 6.45) is 14.9. The van der Waals surface area contributed by atoms with Crippen molar-refractivity contribution in [3.8, 4) is 23.7 Å². The lowest BCUT2D eigenvalue weighted by Gasteiger charge is -2.62. The van der Waals surface area contributed by atoms with Crippen molar-refractivity contribution in [2.24, 2.45) is 34.5 Å². The van der Waals surface area contributed by atoms with Gasteiger partial charge >= 0.3 is 0 Å². The van der Waals surface area contributed by atoms with Crippen LogP contribution >= 0.6 is 0 Å². The Hall–Kier alpha value is -1.12. The van der Waals surface area contributed by atoms with Crippen molar-refractivity contribution in [2.45, 2.75) is 134 Å². The van der Waals surface area contributed by atoms with E-state index in [1.165, 1.54) is 6.42 Å². The summed E-state index contributed by atoms with van der Waals surface area (Å²) in [6.45, 7) is 6.99. The van der Waals surface area contributed by atoms with Gasteiger partial charge in [-0.1, -0.05) is 37.5 Å². The van der Waals surface area contributed by atoms with Crippen LogP contribution in [0.15, 0.2) is 0 Å². The number of hydrogen-bond acceptors (Lipinski definition) is 6. The highest BCUT2D eigenvalue weighted by Gasteiger charge is 2.65. The van der Waals surface area contributed by atoms with Crippen molar-refractivity contribution >= 4 is 0 Å². The lowest BCUT2D eigenvalue weighted by Crippen LogP contribution is -2.57. The Labute approximate surface area is 247 Å². The van der Waals surface area contributed by atoms with E-state index in [1.807, 2.05) is 0 Å². The molecule has 0 radical (unpaired) electrons. The molecule has 2 N–H and O–H groups in total. The fourth-order valence-electron chi connectivity index (χ4n) is 9.92. The van der Waals surface area contributed by atoms with Crippen LogP contribution in [0.2, 0.25) is 0 Å². The van der Waals surface area contributed by atoms with Crippen molar-refractivity contribution in [1.82, 2.24) is 0 Å². The third-order valence-corrected chi connectivity index (χ3v) is 12.5. The average molecular weight is 569 g/mol. The van der Waals surface area contributed by atoms with E-state index in [9.17, 15) is 10.2 Å². The largest absolute Gasteiger partial charge is 0.378 e. The Kier molecular flexibility index (Phi) is 8.84. The van der Waals surface area contributed by atoms with Crippen molar-refractivity contribution in [3.05, 3.63) is 0 Å². The number of fused-ring (bicyclic) bond motifs is 5. The molecule has 6 heteroatoms. The van der Waals surface area contributed by atoms with E-state index < -0.39 is 11.2 Å². The van der Waals surface area contributed by atoms with Gasteiger partial charge in [0.2, 0.25) is 0 Å². The zero-order chi connectivity index (χ0) is 28.6. The molecule has 2 unspecified atom stereocenters. The molecule has 6 nitrogen and oxygen atoms in total. The normalized spacial score (nSPS) is 47.5. The molecule has 0 bridgehead atoms. The zero-order valence-electron chi connectivity index (χ0n) is 25.4. The summed E-state index contributed by atoms with van der Waals surface area (Å²) in [5, 5.41) is 23.4. The first-order valence-electron chi connectivity index (χ1n) is 16.7. The topological polar surface area (TPSA) is 77.4 Å². The molecule has 2 saturated heterocycles. The fraction of sp³-hybridized carbons (Fsp3) is 0.886. The molecule has 0 aromatic heterocycles. The van der Waals surface area contributed by atoms with Gasteiger partial charge in [0.05, 0.1) is 0 Å². The van der Waals surface area contributed by atoms with E-state index in [0.29, 0.717) is 36.9 Å². The molecule has 0 aromatic carbocycles. The molecule has 4 saturated carbocycles. The zero-order valence-corrected chi connectivity index (χ0v) is 25.4. The third-order valence-electron chi connectivity index (χ3n) is 12.5. The molecule has 41 heavy (non-hydrogen) atoms. The van der Waals surface area contributed by atoms with Gasteiger partial charge in [0.25, 0.3) is 0 Å². The standard InChI is InChI=1S/C35H52O6/c1-32-19-20-34(36,15-7-23-40-30-9-3-5-21-38-30)25-26(32)11-12-27-28(32)13-17-33(2)29(27)14-18-35(33,37)16-8-24-41-31-10-4-6-22-39-31/h26-31,36-37H,3-6,9-14,17-25H2,1-2H3/t26-,27+,28-,29-,30?,31?,32-,33-,34-,35-/m0/s1. The van der Waals surface area contributed by atoms with Gasteiger partial charge in [-0.05, 0) is 125 Å². The van der Waals surface area contributed by atoms with Gasteiger partial charge in [0.1, 0.15) is 24.4 Å². The van der Waals surface area contributed by atoms with Gasteiger partial charge in [0.15, 0.2) is 12.6 Å². The molecule has 0 aromatic rings. The summed E-state index contributed by atoms with van der Waals surface area (Å²) in [5.41, 5.74) is -1.80. The summed E-state index contributed by atoms with van der Waals surface area (Å²) in [5.74, 6) is 15.1. The molecule has 2 aliphatic heterocycles. The molecule has 6 rings (SSSR count). The molecule has 0 amide bonds. The highest BCUT2D eigenvalue weighted by molar-refractivity contribution is 5.27. The predicted molar refractivity (Wildman–Crippen MR) is 156 cm³/mol.